The summed E-state index contributed by atoms with van der Waals surface area (Å²) in [6.45, 7) is 2.43. The number of halogens is 1. The maximum Gasteiger partial charge on any atom is 0.385 e. The van der Waals surface area contributed by atoms with Gasteiger partial charge in [0.2, 0.25) is 15.4 Å². The molecule has 1 aromatic carbocycles. The Balaban J connectivity index is 0.00000256. The Morgan fingerprint density at radius 2 is 1.88 bits per heavy atom. The van der Waals surface area contributed by atoms with E-state index in [2.05, 4.69) is 9.70 Å². The first-order chi connectivity index (χ1) is 7.60. The van der Waals surface area contributed by atoms with Gasteiger partial charge in [0.25, 0.3) is 0 Å². The number of unbranched alkanes of at least 4 members (excludes halogenated alkanes) is 1. The highest BCUT2D eigenvalue weighted by Crippen LogP contribution is 2.15. The van der Waals surface area contributed by atoms with Gasteiger partial charge in [-0.15, -0.1) is 0 Å². The molecule has 0 spiro atoms. The van der Waals surface area contributed by atoms with Gasteiger partial charge in [-0.25, -0.2) is 13.1 Å². The zero-order valence-corrected chi connectivity index (χ0v) is 11.0. The Labute approximate surface area is 107 Å². The number of nitrogens with one attached hydrogen (secondary N) is 1. The van der Waals surface area contributed by atoms with Gasteiger partial charge in [0.05, 0.1) is 4.90 Å². The molecule has 0 unspecified atom stereocenters. The maximum atomic E-state index is 11.7. The van der Waals surface area contributed by atoms with Crippen LogP contribution in [0.15, 0.2) is 29.2 Å². The third-order valence-electron chi connectivity index (χ3n) is 2.08. The normalized spacial score (nSPS) is 10.4. The van der Waals surface area contributed by atoms with Gasteiger partial charge >= 0.3 is 5.69 Å². The number of benzene rings is 1. The molecule has 0 aliphatic carbocycles. The van der Waals surface area contributed by atoms with Crippen LogP contribution in [0.3, 0.4) is 0 Å². The molecule has 17 heavy (non-hydrogen) atoms. The highest BCUT2D eigenvalue weighted by atomic mass is 35.5. The molecule has 94 valence electrons. The van der Waals surface area contributed by atoms with Gasteiger partial charge in [0.15, 0.2) is 4.98 Å². The Morgan fingerprint density at radius 1 is 1.29 bits per heavy atom. The first-order valence-corrected chi connectivity index (χ1v) is 6.53. The fraction of sp³-hybridized carbons (Fsp3) is 0.400. The predicted octanol–water partition coefficient (Wildman–Crippen LogP) is -0.746. The summed E-state index contributed by atoms with van der Waals surface area (Å²) in [7, 11) is -3.43. The molecule has 7 heteroatoms. The van der Waals surface area contributed by atoms with Gasteiger partial charge in [-0.1, -0.05) is 13.3 Å². The van der Waals surface area contributed by atoms with E-state index in [1.165, 1.54) is 24.3 Å². The standard InChI is InChI=1S/C10H14N3O2S.ClH/c1-2-3-8-12-16(14,15)10-6-4-9(13-11)5-7-10;/h4-7,12H,2-3,8H2,1H3;1H/q+1;/p-1. The molecule has 1 N–H and O–H groups in total. The van der Waals surface area contributed by atoms with Crippen molar-refractivity contribution in [2.24, 2.45) is 0 Å². The summed E-state index contributed by atoms with van der Waals surface area (Å²) in [4.78, 5) is 3.13. The Morgan fingerprint density at radius 3 is 2.35 bits per heavy atom. The van der Waals surface area contributed by atoms with Crippen LogP contribution in [0, 0.1) is 5.39 Å². The van der Waals surface area contributed by atoms with Crippen molar-refractivity contribution in [1.29, 1.82) is 5.39 Å². The topological polar surface area (TPSA) is 74.3 Å². The van der Waals surface area contributed by atoms with E-state index in [4.69, 9.17) is 5.39 Å². The fourth-order valence-corrected chi connectivity index (χ4v) is 2.23. The highest BCUT2D eigenvalue weighted by molar-refractivity contribution is 7.89. The van der Waals surface area contributed by atoms with Crippen molar-refractivity contribution in [2.45, 2.75) is 24.7 Å². The van der Waals surface area contributed by atoms with Crippen molar-refractivity contribution in [3.05, 3.63) is 29.2 Å². The SMILES string of the molecule is CCCCNS(=O)(=O)c1ccc([N+]#N)cc1.[Cl-]. The second-order valence-corrected chi connectivity index (χ2v) is 5.11. The molecule has 0 saturated heterocycles. The molecule has 0 fully saturated rings. The van der Waals surface area contributed by atoms with Crippen molar-refractivity contribution < 1.29 is 20.8 Å². The van der Waals surface area contributed by atoms with E-state index in [9.17, 15) is 8.42 Å². The van der Waals surface area contributed by atoms with E-state index >= 15 is 0 Å². The van der Waals surface area contributed by atoms with Crippen molar-refractivity contribution in [3.63, 3.8) is 0 Å². The number of diazo groups is 1. The summed E-state index contributed by atoms with van der Waals surface area (Å²) in [5.74, 6) is 0. The summed E-state index contributed by atoms with van der Waals surface area (Å²) in [5, 5.41) is 8.46. The first-order valence-electron chi connectivity index (χ1n) is 5.05. The van der Waals surface area contributed by atoms with Crippen molar-refractivity contribution in [2.75, 3.05) is 6.54 Å². The molecular weight excluding hydrogens is 262 g/mol. The van der Waals surface area contributed by atoms with Crippen molar-refractivity contribution in [1.82, 2.24) is 4.72 Å². The average molecular weight is 276 g/mol. The number of hydrogen-bond donors (Lipinski definition) is 1. The van der Waals surface area contributed by atoms with Gasteiger partial charge in [-0.05, 0) is 18.6 Å². The Hall–Kier alpha value is -1.16. The lowest BCUT2D eigenvalue weighted by molar-refractivity contribution is -0.00000617. The molecule has 0 aliphatic rings. The van der Waals surface area contributed by atoms with E-state index < -0.39 is 10.0 Å². The molecule has 0 atom stereocenters. The number of rotatable bonds is 5. The van der Waals surface area contributed by atoms with E-state index in [-0.39, 0.29) is 17.3 Å². The zero-order valence-electron chi connectivity index (χ0n) is 9.43. The van der Waals surface area contributed by atoms with Gasteiger partial charge in [0.1, 0.15) is 0 Å². The van der Waals surface area contributed by atoms with Gasteiger partial charge in [-0.2, -0.15) is 0 Å². The van der Waals surface area contributed by atoms with Crippen LogP contribution in [0.25, 0.3) is 4.98 Å². The van der Waals surface area contributed by atoms with Crippen LogP contribution in [0.1, 0.15) is 19.8 Å². The molecule has 0 aromatic heterocycles. The third-order valence-corrected chi connectivity index (χ3v) is 3.56. The van der Waals surface area contributed by atoms with E-state index in [0.29, 0.717) is 12.2 Å². The molecule has 0 aliphatic heterocycles. The largest absolute Gasteiger partial charge is 1.00 e. The van der Waals surface area contributed by atoms with Crippen molar-refractivity contribution in [3.8, 4) is 0 Å². The fourth-order valence-electron chi connectivity index (χ4n) is 1.16. The van der Waals surface area contributed by atoms with Crippen LogP contribution < -0.4 is 17.1 Å². The highest BCUT2D eigenvalue weighted by Gasteiger charge is 2.14. The molecule has 0 saturated carbocycles. The van der Waals surface area contributed by atoms with Crippen LogP contribution in [-0.4, -0.2) is 15.0 Å². The van der Waals surface area contributed by atoms with Crippen LogP contribution in [-0.2, 0) is 10.0 Å². The van der Waals surface area contributed by atoms with E-state index in [0.717, 1.165) is 12.8 Å². The molecule has 0 bridgehead atoms. The first kappa shape index (κ1) is 15.8. The van der Waals surface area contributed by atoms with Gasteiger partial charge in [-0.3, -0.25) is 0 Å². The lowest BCUT2D eigenvalue weighted by atomic mass is 10.3. The quantitative estimate of drug-likeness (QED) is 0.568. The van der Waals surface area contributed by atoms with E-state index in [1.807, 2.05) is 6.92 Å². The molecule has 0 radical (unpaired) electrons. The predicted molar refractivity (Wildman–Crippen MR) is 61.3 cm³/mol. The van der Waals surface area contributed by atoms with Gasteiger partial charge < -0.3 is 12.4 Å². The van der Waals surface area contributed by atoms with Crippen LogP contribution in [0.2, 0.25) is 0 Å². The minimum absolute atomic E-state index is 0. The monoisotopic (exact) mass is 275 g/mol. The Bertz CT molecular complexity index is 479. The van der Waals surface area contributed by atoms with Gasteiger partial charge in [0, 0.05) is 18.7 Å². The van der Waals surface area contributed by atoms with E-state index in [1.54, 1.807) is 0 Å². The minimum Gasteiger partial charge on any atom is -1.00 e. The summed E-state index contributed by atoms with van der Waals surface area (Å²) in [6.07, 6.45) is 1.74. The lowest BCUT2D eigenvalue weighted by Crippen LogP contribution is -3.00. The molecule has 5 nitrogen and oxygen atoms in total. The number of sulfonamides is 1. The number of hydrogen-bond acceptors (Lipinski definition) is 3. The maximum absolute atomic E-state index is 11.7. The molecular formula is C10H14ClN3O2S. The van der Waals surface area contributed by atoms with Crippen LogP contribution in [0.5, 0.6) is 0 Å². The van der Waals surface area contributed by atoms with Crippen molar-refractivity contribution >= 4 is 15.7 Å². The zero-order chi connectivity index (χ0) is 12.0. The molecule has 1 aromatic rings. The smallest absolute Gasteiger partial charge is 0.385 e. The lowest BCUT2D eigenvalue weighted by Gasteiger charge is -2.04. The second-order valence-electron chi connectivity index (χ2n) is 3.35. The summed E-state index contributed by atoms with van der Waals surface area (Å²) >= 11 is 0. The molecule has 1 rings (SSSR count). The van der Waals surface area contributed by atoms with Crippen LogP contribution in [0.4, 0.5) is 5.69 Å². The van der Waals surface area contributed by atoms with Crippen LogP contribution >= 0.6 is 0 Å². The minimum atomic E-state index is -3.43. The summed E-state index contributed by atoms with van der Waals surface area (Å²) < 4.78 is 25.9. The second kappa shape index (κ2) is 7.22. The summed E-state index contributed by atoms with van der Waals surface area (Å²) in [5.41, 5.74) is 0.326. The molecule has 0 amide bonds. The molecule has 0 heterocycles. The average Bonchev–Trinajstić information content (AvgIpc) is 2.29. The Kier molecular flexibility index (Phi) is 6.73. The summed E-state index contributed by atoms with van der Waals surface area (Å²) in [6, 6.07) is 5.69. The number of nitrogens with zero attached hydrogens (tertiary/aromatic N) is 2. The third kappa shape index (κ3) is 4.69.